The number of nitrogens with zero attached hydrogens (tertiary/aromatic N) is 1. The highest BCUT2D eigenvalue weighted by molar-refractivity contribution is 7.45. The van der Waals surface area contributed by atoms with E-state index in [4.69, 9.17) is 13.8 Å². The first kappa shape index (κ1) is 65.2. The average Bonchev–Trinajstić information content (AvgIpc) is 3.29. The van der Waals surface area contributed by atoms with Gasteiger partial charge in [0.05, 0.1) is 33.8 Å². The van der Waals surface area contributed by atoms with Gasteiger partial charge in [0.2, 0.25) is 5.91 Å². The summed E-state index contributed by atoms with van der Waals surface area (Å²) in [6.45, 7) is 6.64. The standard InChI is InChI=1S/C58H103N2O7P/c1-7-10-13-16-19-22-25-27-28-29-30-31-32-33-36-38-41-44-47-50-57(61)59-55(54-66-68(63,64)65-53-52-60(4,5)6)56(49-46-43-40-37-35-26-23-20-17-14-11-8-2)67-58(62)51-48-45-42-39-34-24-21-18-15-12-9-3/h10,13,19,22,27-28,30-31,33,36,41,44,46,49,55-56H,7-9,11-12,14-18,20-21,23-26,29,32,34-35,37-40,42-43,45,47-48,50-54H2,1-6H3,(H-,59,61,63,64)/b13-10-,22-19-,28-27-,31-30-,36-33-,44-41-,49-46-. The summed E-state index contributed by atoms with van der Waals surface area (Å²) < 4.78 is 30.1. The molecule has 0 saturated carbocycles. The molecular formula is C58H103N2O7P. The zero-order valence-electron chi connectivity index (χ0n) is 44.5. The topological polar surface area (TPSA) is 114 Å². The van der Waals surface area contributed by atoms with Crippen molar-refractivity contribution in [2.45, 2.75) is 232 Å². The van der Waals surface area contributed by atoms with Crippen LogP contribution in [0.1, 0.15) is 220 Å². The molecule has 0 aliphatic heterocycles. The van der Waals surface area contributed by atoms with Crippen LogP contribution < -0.4 is 10.2 Å². The number of carbonyl (C=O) groups excluding carboxylic acids is 2. The predicted molar refractivity (Wildman–Crippen MR) is 288 cm³/mol. The van der Waals surface area contributed by atoms with Crippen LogP contribution in [0.5, 0.6) is 0 Å². The number of hydrogen-bond acceptors (Lipinski definition) is 7. The molecule has 0 radical (unpaired) electrons. The molecule has 0 saturated heterocycles. The summed E-state index contributed by atoms with van der Waals surface area (Å²) in [6.07, 6.45) is 61.4. The van der Waals surface area contributed by atoms with Crippen LogP contribution in [0.15, 0.2) is 85.1 Å². The third kappa shape index (κ3) is 48.2. The quantitative estimate of drug-likeness (QED) is 0.0212. The Bertz CT molecular complexity index is 1440. The van der Waals surface area contributed by atoms with Gasteiger partial charge in [-0.15, -0.1) is 0 Å². The van der Waals surface area contributed by atoms with Crippen LogP contribution in [0.4, 0.5) is 0 Å². The van der Waals surface area contributed by atoms with E-state index in [-0.39, 0.29) is 31.3 Å². The summed E-state index contributed by atoms with van der Waals surface area (Å²) >= 11 is 0. The van der Waals surface area contributed by atoms with E-state index < -0.39 is 26.6 Å². The maximum atomic E-state index is 13.4. The lowest BCUT2D eigenvalue weighted by Crippen LogP contribution is -2.47. The number of unbranched alkanes of at least 4 members (excludes halogenated alkanes) is 20. The van der Waals surface area contributed by atoms with Gasteiger partial charge in [-0.05, 0) is 70.3 Å². The molecule has 0 bridgehead atoms. The summed E-state index contributed by atoms with van der Waals surface area (Å²) in [4.78, 5) is 39.7. The van der Waals surface area contributed by atoms with Gasteiger partial charge in [-0.2, -0.15) is 0 Å². The van der Waals surface area contributed by atoms with Crippen molar-refractivity contribution in [1.29, 1.82) is 0 Å². The minimum atomic E-state index is -4.71. The van der Waals surface area contributed by atoms with Gasteiger partial charge >= 0.3 is 5.97 Å². The Morgan fingerprint density at radius 1 is 0.529 bits per heavy atom. The SMILES string of the molecule is CC/C=C\C/C=C\C/C=C\C/C=C\C/C=C\C/C=C\CCC(=O)NC(COP(=O)([O-])OCC[N+](C)(C)C)C(/C=C\CCCCCCCCCCCC)OC(=O)CCCCCCCCCCCCC. The van der Waals surface area contributed by atoms with Crippen molar-refractivity contribution in [3.05, 3.63) is 85.1 Å². The van der Waals surface area contributed by atoms with E-state index in [0.717, 1.165) is 77.0 Å². The second kappa shape index (κ2) is 47.8. The van der Waals surface area contributed by atoms with Crippen molar-refractivity contribution in [1.82, 2.24) is 5.32 Å². The van der Waals surface area contributed by atoms with Crippen LogP contribution in [-0.2, 0) is 27.9 Å². The van der Waals surface area contributed by atoms with Crippen molar-refractivity contribution in [2.24, 2.45) is 0 Å². The second-order valence-electron chi connectivity index (χ2n) is 19.4. The number of allylic oxidation sites excluding steroid dienone is 13. The summed E-state index contributed by atoms with van der Waals surface area (Å²) in [5.74, 6) is -0.643. The first-order valence-corrected chi connectivity index (χ1v) is 28.9. The lowest BCUT2D eigenvalue weighted by molar-refractivity contribution is -0.870. The number of nitrogens with one attached hydrogen (secondary N) is 1. The Morgan fingerprint density at radius 3 is 1.41 bits per heavy atom. The Kier molecular flexibility index (Phi) is 45.9. The van der Waals surface area contributed by atoms with Crippen LogP contribution in [0.3, 0.4) is 0 Å². The number of hydrogen-bond donors (Lipinski definition) is 1. The molecule has 1 amide bonds. The number of ether oxygens (including phenoxy) is 1. The summed E-state index contributed by atoms with van der Waals surface area (Å²) in [5, 5.41) is 2.96. The molecule has 68 heavy (non-hydrogen) atoms. The number of phosphoric acid groups is 1. The fourth-order valence-electron chi connectivity index (χ4n) is 7.37. The van der Waals surface area contributed by atoms with Crippen molar-refractivity contribution in [3.8, 4) is 0 Å². The normalized spacial score (nSPS) is 14.5. The van der Waals surface area contributed by atoms with E-state index in [1.54, 1.807) is 6.08 Å². The molecule has 0 fully saturated rings. The summed E-state index contributed by atoms with van der Waals surface area (Å²) in [6, 6.07) is -0.928. The van der Waals surface area contributed by atoms with Crippen LogP contribution in [0.2, 0.25) is 0 Å². The van der Waals surface area contributed by atoms with Crippen LogP contribution in [-0.4, -0.2) is 69.4 Å². The highest BCUT2D eigenvalue weighted by Gasteiger charge is 2.27. The van der Waals surface area contributed by atoms with Gasteiger partial charge < -0.3 is 28.5 Å². The van der Waals surface area contributed by atoms with Crippen molar-refractivity contribution in [3.63, 3.8) is 0 Å². The molecule has 392 valence electrons. The molecule has 0 aliphatic carbocycles. The molecule has 10 heteroatoms. The van der Waals surface area contributed by atoms with E-state index in [1.165, 1.54) is 103 Å². The average molecular weight is 971 g/mol. The van der Waals surface area contributed by atoms with Crippen LogP contribution in [0, 0.1) is 0 Å². The zero-order valence-corrected chi connectivity index (χ0v) is 45.4. The Morgan fingerprint density at radius 2 is 0.956 bits per heavy atom. The highest BCUT2D eigenvalue weighted by Crippen LogP contribution is 2.38. The molecule has 0 aliphatic rings. The molecule has 3 unspecified atom stereocenters. The molecule has 0 rings (SSSR count). The van der Waals surface area contributed by atoms with Crippen molar-refractivity contribution < 1.29 is 37.3 Å². The number of carbonyl (C=O) groups is 2. The first-order valence-electron chi connectivity index (χ1n) is 27.4. The van der Waals surface area contributed by atoms with Gasteiger partial charge in [0, 0.05) is 12.8 Å². The van der Waals surface area contributed by atoms with Crippen LogP contribution in [0.25, 0.3) is 0 Å². The van der Waals surface area contributed by atoms with E-state index in [9.17, 15) is 19.0 Å². The molecule has 0 aromatic heterocycles. The number of quaternary nitrogens is 1. The minimum absolute atomic E-state index is 0.0383. The van der Waals surface area contributed by atoms with Crippen molar-refractivity contribution >= 4 is 19.7 Å². The summed E-state index contributed by atoms with van der Waals surface area (Å²) in [5.41, 5.74) is 0. The summed E-state index contributed by atoms with van der Waals surface area (Å²) in [7, 11) is 1.13. The third-order valence-corrected chi connectivity index (χ3v) is 12.6. The van der Waals surface area contributed by atoms with Gasteiger partial charge in [-0.3, -0.25) is 14.2 Å². The fourth-order valence-corrected chi connectivity index (χ4v) is 8.09. The first-order chi connectivity index (χ1) is 32.9. The molecule has 1 N–H and O–H groups in total. The number of phosphoric ester groups is 1. The van der Waals surface area contributed by atoms with Gasteiger partial charge in [-0.25, -0.2) is 0 Å². The maximum Gasteiger partial charge on any atom is 0.306 e. The smallest absolute Gasteiger partial charge is 0.306 e. The van der Waals surface area contributed by atoms with Gasteiger partial charge in [-0.1, -0.05) is 222 Å². The van der Waals surface area contributed by atoms with Crippen molar-refractivity contribution in [2.75, 3.05) is 40.9 Å². The number of rotatable bonds is 48. The number of likely N-dealkylation sites (N-methyl/N-ethyl adjacent to an activating group) is 1. The molecule has 0 spiro atoms. The monoisotopic (exact) mass is 971 g/mol. The van der Waals surface area contributed by atoms with Gasteiger partial charge in [0.1, 0.15) is 19.3 Å². The predicted octanol–water partition coefficient (Wildman–Crippen LogP) is 15.6. The lowest BCUT2D eigenvalue weighted by atomic mass is 10.0. The second-order valence-corrected chi connectivity index (χ2v) is 20.8. The molecule has 0 aromatic carbocycles. The molecule has 9 nitrogen and oxygen atoms in total. The fraction of sp³-hybridized carbons (Fsp3) is 0.724. The molecule has 3 atom stereocenters. The zero-order chi connectivity index (χ0) is 50.1. The Hall–Kier alpha value is -2.81. The van der Waals surface area contributed by atoms with Crippen LogP contribution >= 0.6 is 7.82 Å². The van der Waals surface area contributed by atoms with E-state index in [1.807, 2.05) is 39.4 Å². The van der Waals surface area contributed by atoms with E-state index in [2.05, 4.69) is 86.8 Å². The largest absolute Gasteiger partial charge is 0.756 e. The minimum Gasteiger partial charge on any atom is -0.756 e. The Labute approximate surface area is 418 Å². The van der Waals surface area contributed by atoms with E-state index in [0.29, 0.717) is 17.4 Å². The van der Waals surface area contributed by atoms with Gasteiger partial charge in [0.25, 0.3) is 7.82 Å². The molecular weight excluding hydrogens is 868 g/mol. The molecule has 0 heterocycles. The van der Waals surface area contributed by atoms with Gasteiger partial charge in [0.15, 0.2) is 0 Å². The highest BCUT2D eigenvalue weighted by atomic mass is 31.2. The molecule has 0 aromatic rings. The third-order valence-electron chi connectivity index (χ3n) is 11.6. The number of amides is 1. The lowest BCUT2D eigenvalue weighted by Gasteiger charge is -2.30. The Balaban J connectivity index is 5.48. The maximum absolute atomic E-state index is 13.4. The number of esters is 1. The van der Waals surface area contributed by atoms with E-state index >= 15 is 0 Å².